The van der Waals surface area contributed by atoms with Crippen LogP contribution in [0.2, 0.25) is 0 Å². The molecule has 3 rings (SSSR count). The summed E-state index contributed by atoms with van der Waals surface area (Å²) in [6.07, 6.45) is -0.670. The molecule has 9 nitrogen and oxygen atoms in total. The lowest BCUT2D eigenvalue weighted by Crippen LogP contribution is -2.39. The highest BCUT2D eigenvalue weighted by Crippen LogP contribution is 2.24. The van der Waals surface area contributed by atoms with Crippen molar-refractivity contribution < 1.29 is 31.9 Å². The number of hydrogen-bond acceptors (Lipinski definition) is 6. The van der Waals surface area contributed by atoms with Gasteiger partial charge in [-0.05, 0) is 42.5 Å². The third-order valence-corrected chi connectivity index (χ3v) is 5.83. The molecule has 160 valence electrons. The minimum Gasteiger partial charge on any atom is -0.483 e. The third-order valence-electron chi connectivity index (χ3n) is 4.36. The van der Waals surface area contributed by atoms with E-state index in [2.05, 4.69) is 14.8 Å². The molecule has 0 atom stereocenters. The zero-order chi connectivity index (χ0) is 21.7. The van der Waals surface area contributed by atoms with Crippen molar-refractivity contribution in [1.82, 2.24) is 9.62 Å². The normalized spacial score (nSPS) is 13.8. The van der Waals surface area contributed by atoms with E-state index in [4.69, 9.17) is 4.74 Å². The van der Waals surface area contributed by atoms with Gasteiger partial charge >= 0.3 is 6.09 Å². The van der Waals surface area contributed by atoms with Crippen molar-refractivity contribution in [1.29, 1.82) is 0 Å². The maximum atomic E-state index is 13.5. The Balaban J connectivity index is 1.60. The first-order valence-corrected chi connectivity index (χ1v) is 10.4. The van der Waals surface area contributed by atoms with Crippen molar-refractivity contribution in [3.63, 3.8) is 0 Å². The monoisotopic (exact) mass is 437 g/mol. The second kappa shape index (κ2) is 9.09. The molecule has 0 unspecified atom stereocenters. The van der Waals surface area contributed by atoms with Crippen molar-refractivity contribution >= 4 is 27.7 Å². The van der Waals surface area contributed by atoms with Crippen LogP contribution < -0.4 is 14.8 Å². The number of halogens is 1. The molecule has 1 aliphatic heterocycles. The van der Waals surface area contributed by atoms with E-state index < -0.39 is 21.9 Å². The van der Waals surface area contributed by atoms with Crippen LogP contribution in [0.15, 0.2) is 47.4 Å². The highest BCUT2D eigenvalue weighted by molar-refractivity contribution is 7.89. The zero-order valence-corrected chi connectivity index (χ0v) is 16.9. The van der Waals surface area contributed by atoms with E-state index in [-0.39, 0.29) is 37.0 Å². The van der Waals surface area contributed by atoms with Crippen LogP contribution in [0.25, 0.3) is 0 Å². The molecule has 2 aromatic rings. The number of nitrogens with zero attached hydrogens (tertiary/aromatic N) is 1. The third kappa shape index (κ3) is 5.24. The highest BCUT2D eigenvalue weighted by Gasteiger charge is 2.22. The molecule has 2 aromatic carbocycles. The smallest absolute Gasteiger partial charge is 0.411 e. The number of hydrogen-bond donors (Lipinski definition) is 2. The van der Waals surface area contributed by atoms with Gasteiger partial charge in [0.1, 0.15) is 11.6 Å². The summed E-state index contributed by atoms with van der Waals surface area (Å²) in [5.74, 6) is -0.352. The van der Waals surface area contributed by atoms with E-state index in [1.807, 2.05) is 0 Å². The summed E-state index contributed by atoms with van der Waals surface area (Å²) in [6.45, 7) is -0.0537. The summed E-state index contributed by atoms with van der Waals surface area (Å²) in [6, 6.07) is 9.51. The Morgan fingerprint density at radius 3 is 2.67 bits per heavy atom. The lowest BCUT2D eigenvalue weighted by Gasteiger charge is -2.20. The van der Waals surface area contributed by atoms with Gasteiger partial charge in [0.05, 0.1) is 12.0 Å². The number of ether oxygens (including phenoxy) is 2. The van der Waals surface area contributed by atoms with Gasteiger partial charge in [0.2, 0.25) is 10.0 Å². The first-order chi connectivity index (χ1) is 14.3. The molecule has 0 spiro atoms. The number of benzene rings is 2. The van der Waals surface area contributed by atoms with Crippen LogP contribution in [-0.4, -0.2) is 52.1 Å². The van der Waals surface area contributed by atoms with E-state index in [1.165, 1.54) is 54.5 Å². The topological polar surface area (TPSA) is 114 Å². The van der Waals surface area contributed by atoms with Gasteiger partial charge < -0.3 is 14.4 Å². The molecule has 0 fully saturated rings. The molecular formula is C19H20FN3O6S. The van der Waals surface area contributed by atoms with E-state index >= 15 is 0 Å². The lowest BCUT2D eigenvalue weighted by atomic mass is 10.2. The molecule has 1 heterocycles. The maximum Gasteiger partial charge on any atom is 0.411 e. The van der Waals surface area contributed by atoms with Gasteiger partial charge in [0.15, 0.2) is 6.61 Å². The molecule has 0 bridgehead atoms. The number of rotatable bonds is 6. The van der Waals surface area contributed by atoms with Crippen LogP contribution in [-0.2, 0) is 26.1 Å². The van der Waals surface area contributed by atoms with Gasteiger partial charge in [-0.3, -0.25) is 10.1 Å². The van der Waals surface area contributed by atoms with Crippen molar-refractivity contribution in [3.05, 3.63) is 53.8 Å². The van der Waals surface area contributed by atoms with Gasteiger partial charge in [-0.1, -0.05) is 0 Å². The predicted molar refractivity (Wildman–Crippen MR) is 105 cm³/mol. The molecule has 11 heteroatoms. The summed E-state index contributed by atoms with van der Waals surface area (Å²) < 4.78 is 50.7. The summed E-state index contributed by atoms with van der Waals surface area (Å²) in [4.78, 5) is 24.8. The molecule has 0 radical (unpaired) electrons. The minimum absolute atomic E-state index is 0.00383. The summed E-state index contributed by atoms with van der Waals surface area (Å²) in [5.41, 5.74) is 0.888. The SMILES string of the molecule is COC(=O)Nc1ccc(S(=O)(=O)NCCN2Cc3cc(F)ccc3OCC2=O)cc1. The summed E-state index contributed by atoms with van der Waals surface area (Å²) >= 11 is 0. The Hall–Kier alpha value is -3.18. The largest absolute Gasteiger partial charge is 0.483 e. The highest BCUT2D eigenvalue weighted by atomic mass is 32.2. The van der Waals surface area contributed by atoms with Crippen molar-refractivity contribution in [2.45, 2.75) is 11.4 Å². The van der Waals surface area contributed by atoms with Crippen LogP contribution in [0.4, 0.5) is 14.9 Å². The minimum atomic E-state index is -3.83. The lowest BCUT2D eigenvalue weighted by molar-refractivity contribution is -0.133. The van der Waals surface area contributed by atoms with Gasteiger partial charge in [-0.2, -0.15) is 0 Å². The average molecular weight is 437 g/mol. The Morgan fingerprint density at radius 2 is 1.97 bits per heavy atom. The van der Waals surface area contributed by atoms with Crippen molar-refractivity contribution in [2.75, 3.05) is 32.1 Å². The maximum absolute atomic E-state index is 13.5. The molecule has 2 N–H and O–H groups in total. The summed E-state index contributed by atoms with van der Waals surface area (Å²) in [7, 11) is -2.61. The number of carbonyl (C=O) groups is 2. The number of carbonyl (C=O) groups excluding carboxylic acids is 2. The van der Waals surface area contributed by atoms with E-state index in [0.29, 0.717) is 17.0 Å². The molecular weight excluding hydrogens is 417 g/mol. The molecule has 0 aromatic heterocycles. The standard InChI is InChI=1S/C19H20FN3O6S/c1-28-19(25)22-15-3-5-16(6-4-15)30(26,27)21-8-9-23-11-13-10-14(20)2-7-17(13)29-12-18(23)24/h2-7,10,21H,8-9,11-12H2,1H3,(H,22,25). The fourth-order valence-corrected chi connectivity index (χ4v) is 3.85. The van der Waals surface area contributed by atoms with Crippen LogP contribution >= 0.6 is 0 Å². The Bertz CT molecular complexity index is 1040. The Kier molecular flexibility index (Phi) is 6.53. The van der Waals surface area contributed by atoms with E-state index in [1.54, 1.807) is 0 Å². The van der Waals surface area contributed by atoms with Gasteiger partial charge in [-0.15, -0.1) is 0 Å². The fourth-order valence-electron chi connectivity index (χ4n) is 2.83. The molecule has 0 aliphatic carbocycles. The Morgan fingerprint density at radius 1 is 1.23 bits per heavy atom. The number of nitrogens with one attached hydrogen (secondary N) is 2. The number of methoxy groups -OCH3 is 1. The average Bonchev–Trinajstić information content (AvgIpc) is 2.87. The van der Waals surface area contributed by atoms with Crippen LogP contribution in [0, 0.1) is 5.82 Å². The molecule has 30 heavy (non-hydrogen) atoms. The molecule has 0 saturated heterocycles. The van der Waals surface area contributed by atoms with Gasteiger partial charge in [-0.25, -0.2) is 22.3 Å². The summed E-state index contributed by atoms with van der Waals surface area (Å²) in [5, 5.41) is 2.42. The number of sulfonamides is 1. The Labute approximate surface area is 172 Å². The first kappa shape index (κ1) is 21.5. The van der Waals surface area contributed by atoms with E-state index in [0.717, 1.165) is 0 Å². The number of fused-ring (bicyclic) bond motifs is 1. The molecule has 0 saturated carbocycles. The fraction of sp³-hybridized carbons (Fsp3) is 0.263. The number of amides is 2. The van der Waals surface area contributed by atoms with Crippen molar-refractivity contribution in [3.8, 4) is 5.75 Å². The van der Waals surface area contributed by atoms with Crippen LogP contribution in [0.3, 0.4) is 0 Å². The van der Waals surface area contributed by atoms with Crippen LogP contribution in [0.1, 0.15) is 5.56 Å². The second-order valence-corrected chi connectivity index (χ2v) is 8.16. The first-order valence-electron chi connectivity index (χ1n) is 8.92. The van der Waals surface area contributed by atoms with E-state index in [9.17, 15) is 22.4 Å². The van der Waals surface area contributed by atoms with Crippen LogP contribution in [0.5, 0.6) is 5.75 Å². The van der Waals surface area contributed by atoms with Gasteiger partial charge in [0.25, 0.3) is 5.91 Å². The van der Waals surface area contributed by atoms with Crippen molar-refractivity contribution in [2.24, 2.45) is 0 Å². The predicted octanol–water partition coefficient (Wildman–Crippen LogP) is 1.70. The molecule has 1 aliphatic rings. The van der Waals surface area contributed by atoms with Gasteiger partial charge in [0, 0.05) is 30.9 Å². The quantitative estimate of drug-likeness (QED) is 0.711. The second-order valence-electron chi connectivity index (χ2n) is 6.39. The molecule has 2 amide bonds. The zero-order valence-electron chi connectivity index (χ0n) is 16.1. The number of anilines is 1.